The first-order chi connectivity index (χ1) is 11.8. The summed E-state index contributed by atoms with van der Waals surface area (Å²) in [5.41, 5.74) is 2.79. The third-order valence-electron chi connectivity index (χ3n) is 4.03. The quantitative estimate of drug-likeness (QED) is 0.480. The van der Waals surface area contributed by atoms with E-state index in [0.29, 0.717) is 17.0 Å². The molecule has 128 valence electrons. The highest BCUT2D eigenvalue weighted by Gasteiger charge is 2.34. The Kier molecular flexibility index (Phi) is 4.26. The molecule has 1 aliphatic rings. The summed E-state index contributed by atoms with van der Waals surface area (Å²) in [6.07, 6.45) is 0. The second-order valence-corrected chi connectivity index (χ2v) is 11.7. The Bertz CT molecular complexity index is 873. The molecule has 0 radical (unpaired) electrons. The molecule has 0 saturated carbocycles. The minimum Gasteiger partial charge on any atom is -0.339 e. The van der Waals surface area contributed by atoms with Crippen molar-refractivity contribution >= 4 is 31.2 Å². The van der Waals surface area contributed by atoms with E-state index in [4.69, 9.17) is 0 Å². The first-order valence-electron chi connectivity index (χ1n) is 8.01. The number of benzodiazepines with no additional fused rings is 1. The molecule has 1 amide bonds. The third kappa shape index (κ3) is 3.23. The zero-order chi connectivity index (χ0) is 18.2. The summed E-state index contributed by atoms with van der Waals surface area (Å²) in [4.78, 5) is 28.1. The van der Waals surface area contributed by atoms with Crippen molar-refractivity contribution in [2.45, 2.75) is 19.6 Å². The fraction of sp³-hybridized carbons (Fsp3) is 0.222. The third-order valence-corrected chi connectivity index (χ3v) is 5.86. The number of hydrogen-bond acceptors (Lipinski definition) is 4. The lowest BCUT2D eigenvalue weighted by Crippen LogP contribution is -2.51. The van der Waals surface area contributed by atoms with Gasteiger partial charge in [0.25, 0.3) is 5.69 Å². The maximum atomic E-state index is 12.7. The van der Waals surface area contributed by atoms with Crippen molar-refractivity contribution in [1.29, 1.82) is 0 Å². The van der Waals surface area contributed by atoms with Crippen LogP contribution in [0.5, 0.6) is 0 Å². The number of aliphatic imine (C=N–C) groups is 1. The van der Waals surface area contributed by atoms with Crippen molar-refractivity contribution in [3.05, 3.63) is 69.8 Å². The van der Waals surface area contributed by atoms with Crippen LogP contribution in [0.2, 0.25) is 19.6 Å². The maximum Gasteiger partial charge on any atom is 0.270 e. The minimum atomic E-state index is -2.04. The molecule has 6 nitrogen and oxygen atoms in total. The average molecular weight is 353 g/mol. The van der Waals surface area contributed by atoms with E-state index in [1.165, 1.54) is 12.1 Å². The van der Waals surface area contributed by atoms with E-state index in [2.05, 4.69) is 24.6 Å². The second-order valence-electron chi connectivity index (χ2n) is 6.89. The highest BCUT2D eigenvalue weighted by molar-refractivity contribution is 6.83. The molecule has 1 aliphatic heterocycles. The van der Waals surface area contributed by atoms with Crippen molar-refractivity contribution in [3.63, 3.8) is 0 Å². The number of amides is 1. The van der Waals surface area contributed by atoms with Gasteiger partial charge in [-0.1, -0.05) is 50.0 Å². The summed E-state index contributed by atoms with van der Waals surface area (Å²) in [6, 6.07) is 14.1. The van der Waals surface area contributed by atoms with Crippen LogP contribution in [0.4, 0.5) is 11.4 Å². The van der Waals surface area contributed by atoms with Gasteiger partial charge < -0.3 is 4.57 Å². The highest BCUT2D eigenvalue weighted by Crippen LogP contribution is 2.33. The van der Waals surface area contributed by atoms with E-state index >= 15 is 0 Å². The number of nitro groups is 1. The van der Waals surface area contributed by atoms with E-state index in [-0.39, 0.29) is 18.1 Å². The Morgan fingerprint density at radius 2 is 1.80 bits per heavy atom. The largest absolute Gasteiger partial charge is 0.339 e. The summed E-state index contributed by atoms with van der Waals surface area (Å²) < 4.78 is 1.81. The van der Waals surface area contributed by atoms with Gasteiger partial charge in [0.05, 0.1) is 10.6 Å². The molecule has 0 spiro atoms. The number of nitro benzene ring substituents is 1. The summed E-state index contributed by atoms with van der Waals surface area (Å²) in [5, 5.41) is 11.3. The Morgan fingerprint density at radius 3 is 2.40 bits per heavy atom. The molecule has 0 saturated heterocycles. The number of hydrogen-bond donors (Lipinski definition) is 0. The molecular formula is C18H19N3O3Si. The number of non-ortho nitro benzene ring substituents is 1. The van der Waals surface area contributed by atoms with Gasteiger partial charge in [0, 0.05) is 28.9 Å². The minimum absolute atomic E-state index is 0.00717. The SMILES string of the molecule is C[Si](C)(C)N1C(=O)CN=C(c2ccccc2)c2cc([N+](=O)[O-])ccc21. The Labute approximate surface area is 147 Å². The maximum absolute atomic E-state index is 12.7. The molecule has 0 aliphatic carbocycles. The van der Waals surface area contributed by atoms with Gasteiger partial charge in [-0.05, 0) is 6.07 Å². The molecule has 1 heterocycles. The van der Waals surface area contributed by atoms with Crippen LogP contribution in [-0.2, 0) is 4.79 Å². The van der Waals surface area contributed by atoms with E-state index in [9.17, 15) is 14.9 Å². The van der Waals surface area contributed by atoms with E-state index in [0.717, 1.165) is 5.56 Å². The van der Waals surface area contributed by atoms with Crippen LogP contribution in [0.3, 0.4) is 0 Å². The van der Waals surface area contributed by atoms with Crippen LogP contribution < -0.4 is 4.57 Å². The summed E-state index contributed by atoms with van der Waals surface area (Å²) in [7, 11) is -2.04. The molecule has 7 heteroatoms. The zero-order valence-electron chi connectivity index (χ0n) is 14.4. The Balaban J connectivity index is 2.28. The summed E-state index contributed by atoms with van der Waals surface area (Å²) >= 11 is 0. The molecule has 2 aromatic rings. The lowest BCUT2D eigenvalue weighted by Gasteiger charge is -2.34. The van der Waals surface area contributed by atoms with Gasteiger partial charge in [-0.25, -0.2) is 0 Å². The molecule has 0 N–H and O–H groups in total. The number of fused-ring (bicyclic) bond motifs is 1. The standard InChI is InChI=1S/C18H19N3O3Si/c1-25(2,3)20-16-10-9-14(21(23)24)11-15(16)18(19-12-17(20)22)13-7-5-4-6-8-13/h4-11H,12H2,1-3H3. The van der Waals surface area contributed by atoms with Gasteiger partial charge >= 0.3 is 0 Å². The average Bonchev–Trinajstić information content (AvgIpc) is 2.70. The van der Waals surface area contributed by atoms with E-state index < -0.39 is 13.2 Å². The number of rotatable bonds is 3. The first kappa shape index (κ1) is 17.0. The van der Waals surface area contributed by atoms with Crippen LogP contribution in [0.15, 0.2) is 53.5 Å². The zero-order valence-corrected chi connectivity index (χ0v) is 15.4. The molecule has 0 unspecified atom stereocenters. The van der Waals surface area contributed by atoms with Crippen molar-refractivity contribution in [2.24, 2.45) is 4.99 Å². The number of anilines is 1. The summed E-state index contributed by atoms with van der Waals surface area (Å²) in [5.74, 6) is -0.0693. The predicted molar refractivity (Wildman–Crippen MR) is 101 cm³/mol. The molecule has 2 aromatic carbocycles. The molecule has 25 heavy (non-hydrogen) atoms. The molecular weight excluding hydrogens is 334 g/mol. The van der Waals surface area contributed by atoms with Crippen LogP contribution >= 0.6 is 0 Å². The van der Waals surface area contributed by atoms with Crippen LogP contribution in [0, 0.1) is 10.1 Å². The fourth-order valence-corrected chi connectivity index (χ4v) is 4.77. The van der Waals surface area contributed by atoms with Gasteiger partial charge in [0.15, 0.2) is 8.24 Å². The number of nitrogens with zero attached hydrogens (tertiary/aromatic N) is 3. The molecule has 0 atom stereocenters. The molecule has 3 rings (SSSR count). The van der Waals surface area contributed by atoms with Crippen LogP contribution in [0.25, 0.3) is 0 Å². The Hall–Kier alpha value is -2.80. The highest BCUT2D eigenvalue weighted by atomic mass is 28.3. The number of carbonyl (C=O) groups is 1. The predicted octanol–water partition coefficient (Wildman–Crippen LogP) is 3.61. The monoisotopic (exact) mass is 353 g/mol. The van der Waals surface area contributed by atoms with Gasteiger partial charge in [-0.2, -0.15) is 0 Å². The van der Waals surface area contributed by atoms with E-state index in [1.807, 2.05) is 34.9 Å². The fourth-order valence-electron chi connectivity index (χ4n) is 3.04. The number of carbonyl (C=O) groups excluding carboxylic acids is 1. The topological polar surface area (TPSA) is 75.8 Å². The normalized spacial score (nSPS) is 14.6. The molecule has 0 aromatic heterocycles. The van der Waals surface area contributed by atoms with Gasteiger partial charge in [-0.15, -0.1) is 0 Å². The van der Waals surface area contributed by atoms with Gasteiger partial charge in [0.1, 0.15) is 6.54 Å². The van der Waals surface area contributed by atoms with Gasteiger partial charge in [-0.3, -0.25) is 19.9 Å². The van der Waals surface area contributed by atoms with Crippen molar-refractivity contribution < 1.29 is 9.72 Å². The first-order valence-corrected chi connectivity index (χ1v) is 11.5. The van der Waals surface area contributed by atoms with Gasteiger partial charge in [0.2, 0.25) is 5.91 Å². The number of benzene rings is 2. The summed E-state index contributed by atoms with van der Waals surface area (Å²) in [6.45, 7) is 6.26. The molecule has 0 bridgehead atoms. The lowest BCUT2D eigenvalue weighted by molar-refractivity contribution is -0.384. The molecule has 0 fully saturated rings. The lowest BCUT2D eigenvalue weighted by atomic mass is 10.00. The van der Waals surface area contributed by atoms with Crippen molar-refractivity contribution in [3.8, 4) is 0 Å². The van der Waals surface area contributed by atoms with Crippen LogP contribution in [0.1, 0.15) is 11.1 Å². The van der Waals surface area contributed by atoms with Crippen LogP contribution in [-0.4, -0.2) is 31.3 Å². The van der Waals surface area contributed by atoms with Crippen molar-refractivity contribution in [2.75, 3.05) is 11.1 Å². The van der Waals surface area contributed by atoms with Crippen molar-refractivity contribution in [1.82, 2.24) is 0 Å². The second kappa shape index (κ2) is 6.25. The smallest absolute Gasteiger partial charge is 0.270 e. The van der Waals surface area contributed by atoms with E-state index in [1.54, 1.807) is 6.07 Å². The Morgan fingerprint density at radius 1 is 1.12 bits per heavy atom.